The highest BCUT2D eigenvalue weighted by atomic mass is 16.5. The third-order valence-corrected chi connectivity index (χ3v) is 2.30. The second-order valence-electron chi connectivity index (χ2n) is 3.86. The zero-order valence-corrected chi connectivity index (χ0v) is 11.1. The monoisotopic (exact) mass is 268 g/mol. The van der Waals surface area contributed by atoms with E-state index >= 15 is 0 Å². The van der Waals surface area contributed by atoms with Gasteiger partial charge >= 0.3 is 5.97 Å². The van der Waals surface area contributed by atoms with Gasteiger partial charge in [0.05, 0.1) is 7.11 Å². The number of rotatable bonds is 4. The number of carbonyl (C=O) groups is 1. The highest BCUT2D eigenvalue weighted by Crippen LogP contribution is 2.27. The van der Waals surface area contributed by atoms with Gasteiger partial charge in [0.2, 0.25) is 0 Å². The van der Waals surface area contributed by atoms with Crippen molar-refractivity contribution in [1.82, 2.24) is 0 Å². The number of hydrogen-bond acceptors (Lipinski definition) is 5. The molecule has 1 rings (SSSR count). The maximum absolute atomic E-state index is 11.4. The Kier molecular flexibility index (Phi) is 5.08. The minimum Gasteiger partial charge on any atom is -0.496 e. The maximum Gasteiger partial charge on any atom is 0.338 e. The van der Waals surface area contributed by atoms with Crippen molar-refractivity contribution >= 4 is 12.0 Å². The van der Waals surface area contributed by atoms with Crippen LogP contribution in [0.5, 0.6) is 11.5 Å². The second-order valence-corrected chi connectivity index (χ2v) is 3.86. The van der Waals surface area contributed by atoms with E-state index in [1.807, 2.05) is 0 Å². The van der Waals surface area contributed by atoms with Gasteiger partial charge in [-0.1, -0.05) is 6.58 Å². The molecule has 0 atom stereocenters. The molecule has 0 N–H and O–H groups in total. The van der Waals surface area contributed by atoms with Crippen molar-refractivity contribution in [3.63, 3.8) is 0 Å². The number of benzene rings is 1. The summed E-state index contributed by atoms with van der Waals surface area (Å²) in [4.78, 5) is 11.4. The highest BCUT2D eigenvalue weighted by Gasteiger charge is 2.09. The van der Waals surface area contributed by atoms with E-state index in [-0.39, 0.29) is 11.1 Å². The van der Waals surface area contributed by atoms with Crippen molar-refractivity contribution in [3.05, 3.63) is 41.5 Å². The molecule has 20 heavy (non-hydrogen) atoms. The lowest BCUT2D eigenvalue weighted by Crippen LogP contribution is -2.08. The molecule has 0 aliphatic heterocycles. The molecule has 0 aliphatic carbocycles. The summed E-state index contributed by atoms with van der Waals surface area (Å²) in [5, 5.41) is 17.4. The molecule has 0 saturated carbocycles. The predicted octanol–water partition coefficient (Wildman–Crippen LogP) is 2.61. The van der Waals surface area contributed by atoms with Crippen LogP contribution < -0.4 is 9.47 Å². The van der Waals surface area contributed by atoms with Crippen molar-refractivity contribution in [2.45, 2.75) is 6.92 Å². The van der Waals surface area contributed by atoms with Crippen LogP contribution in [0.15, 0.2) is 35.9 Å². The van der Waals surface area contributed by atoms with Crippen molar-refractivity contribution < 1.29 is 14.3 Å². The summed E-state index contributed by atoms with van der Waals surface area (Å²) in [6.45, 7) is 5.03. The van der Waals surface area contributed by atoms with Crippen molar-refractivity contribution in [1.29, 1.82) is 10.5 Å². The van der Waals surface area contributed by atoms with E-state index < -0.39 is 5.97 Å². The minimum atomic E-state index is -0.537. The largest absolute Gasteiger partial charge is 0.496 e. The molecule has 1 aromatic rings. The average molecular weight is 268 g/mol. The first-order chi connectivity index (χ1) is 9.51. The first kappa shape index (κ1) is 15.0. The third-order valence-electron chi connectivity index (χ3n) is 2.30. The molecule has 0 heterocycles. The molecule has 0 aliphatic rings. The fraction of sp³-hybridized carbons (Fsp3) is 0.133. The van der Waals surface area contributed by atoms with Gasteiger partial charge in [-0.25, -0.2) is 4.79 Å². The fourth-order valence-electron chi connectivity index (χ4n) is 1.31. The molecule has 0 amide bonds. The molecule has 0 unspecified atom stereocenters. The van der Waals surface area contributed by atoms with E-state index in [0.717, 1.165) is 0 Å². The standard InChI is InChI=1S/C15H12N2O3/c1-10(2)15(18)20-13-5-4-12(14(7-13)19-3)6-11(8-16)9-17/h4-7H,1H2,2-3H3. The molecule has 0 saturated heterocycles. The summed E-state index contributed by atoms with van der Waals surface area (Å²) in [6.07, 6.45) is 1.39. The first-order valence-corrected chi connectivity index (χ1v) is 5.59. The van der Waals surface area contributed by atoms with Gasteiger partial charge in [0.15, 0.2) is 0 Å². The number of nitrogens with zero attached hydrogens (tertiary/aromatic N) is 2. The highest BCUT2D eigenvalue weighted by molar-refractivity contribution is 5.88. The number of esters is 1. The van der Waals surface area contributed by atoms with Crippen molar-refractivity contribution in [2.75, 3.05) is 7.11 Å². The molecule has 0 aromatic heterocycles. The Morgan fingerprint density at radius 2 is 2.00 bits per heavy atom. The zero-order chi connectivity index (χ0) is 15.1. The number of hydrogen-bond donors (Lipinski definition) is 0. The van der Waals surface area contributed by atoms with E-state index in [0.29, 0.717) is 17.1 Å². The van der Waals surface area contributed by atoms with Crippen molar-refractivity contribution in [3.8, 4) is 23.6 Å². The van der Waals surface area contributed by atoms with Crippen LogP contribution in [0.4, 0.5) is 0 Å². The van der Waals surface area contributed by atoms with Crippen LogP contribution in [-0.2, 0) is 4.79 Å². The van der Waals surface area contributed by atoms with Crippen LogP contribution in [0.3, 0.4) is 0 Å². The first-order valence-electron chi connectivity index (χ1n) is 5.59. The van der Waals surface area contributed by atoms with E-state index in [1.165, 1.54) is 19.3 Å². The summed E-state index contributed by atoms with van der Waals surface area (Å²) in [7, 11) is 1.44. The molecule has 100 valence electrons. The van der Waals surface area contributed by atoms with Gasteiger partial charge in [-0.05, 0) is 25.1 Å². The summed E-state index contributed by atoms with van der Waals surface area (Å²) >= 11 is 0. The lowest BCUT2D eigenvalue weighted by Gasteiger charge is -2.08. The molecule has 5 nitrogen and oxygen atoms in total. The van der Waals surface area contributed by atoms with Crippen LogP contribution in [-0.4, -0.2) is 13.1 Å². The average Bonchev–Trinajstić information content (AvgIpc) is 2.45. The number of carbonyl (C=O) groups excluding carboxylic acids is 1. The van der Waals surface area contributed by atoms with Gasteiger partial charge in [-0.2, -0.15) is 10.5 Å². The van der Waals surface area contributed by atoms with Gasteiger partial charge in [0.1, 0.15) is 29.2 Å². The van der Waals surface area contributed by atoms with Crippen LogP contribution in [0.25, 0.3) is 6.08 Å². The molecule has 0 spiro atoms. The van der Waals surface area contributed by atoms with Gasteiger partial charge in [0.25, 0.3) is 0 Å². The van der Waals surface area contributed by atoms with E-state index in [4.69, 9.17) is 20.0 Å². The van der Waals surface area contributed by atoms with Crippen LogP contribution in [0, 0.1) is 22.7 Å². The third kappa shape index (κ3) is 3.72. The van der Waals surface area contributed by atoms with Crippen LogP contribution >= 0.6 is 0 Å². The van der Waals surface area contributed by atoms with Gasteiger partial charge < -0.3 is 9.47 Å². The Bertz CT molecular complexity index is 645. The summed E-state index contributed by atoms with van der Waals surface area (Å²) < 4.78 is 10.2. The quantitative estimate of drug-likeness (QED) is 0.363. The Morgan fingerprint density at radius 1 is 1.35 bits per heavy atom. The number of ether oxygens (including phenoxy) is 2. The van der Waals surface area contributed by atoms with Crippen molar-refractivity contribution in [2.24, 2.45) is 0 Å². The van der Waals surface area contributed by atoms with E-state index in [1.54, 1.807) is 31.2 Å². The Balaban J connectivity index is 3.13. The van der Waals surface area contributed by atoms with Gasteiger partial charge in [-0.15, -0.1) is 0 Å². The zero-order valence-electron chi connectivity index (χ0n) is 11.1. The molecule has 5 heteroatoms. The molecule has 1 aromatic carbocycles. The second kappa shape index (κ2) is 6.77. The Labute approximate surface area is 117 Å². The Hall–Kier alpha value is -3.05. The molecule has 0 radical (unpaired) electrons. The lowest BCUT2D eigenvalue weighted by molar-refractivity contribution is -0.130. The van der Waals surface area contributed by atoms with E-state index in [9.17, 15) is 4.79 Å². The minimum absolute atomic E-state index is 0.0463. The molecule has 0 bridgehead atoms. The van der Waals surface area contributed by atoms with E-state index in [2.05, 4.69) is 6.58 Å². The normalized spacial score (nSPS) is 8.80. The fourth-order valence-corrected chi connectivity index (χ4v) is 1.31. The topological polar surface area (TPSA) is 83.1 Å². The lowest BCUT2D eigenvalue weighted by atomic mass is 10.1. The number of allylic oxidation sites excluding steroid dienone is 1. The summed E-state index contributed by atoms with van der Waals surface area (Å²) in [6, 6.07) is 8.16. The number of methoxy groups -OCH3 is 1. The van der Waals surface area contributed by atoms with Gasteiger partial charge in [-0.3, -0.25) is 0 Å². The molecular formula is C15H12N2O3. The maximum atomic E-state index is 11.4. The van der Waals surface area contributed by atoms with Gasteiger partial charge in [0, 0.05) is 17.2 Å². The Morgan fingerprint density at radius 3 is 2.50 bits per heavy atom. The molecular weight excluding hydrogens is 256 g/mol. The summed E-state index contributed by atoms with van der Waals surface area (Å²) in [5.41, 5.74) is 0.778. The van der Waals surface area contributed by atoms with Crippen LogP contribution in [0.2, 0.25) is 0 Å². The smallest absolute Gasteiger partial charge is 0.338 e. The predicted molar refractivity (Wildman–Crippen MR) is 72.6 cm³/mol. The van der Waals surface area contributed by atoms with Crippen LogP contribution in [0.1, 0.15) is 12.5 Å². The summed E-state index contributed by atoms with van der Waals surface area (Å²) in [5.74, 6) is 0.146. The number of nitriles is 2. The molecule has 0 fully saturated rings. The SMILES string of the molecule is C=C(C)C(=O)Oc1ccc(C=C(C#N)C#N)c(OC)c1.